The Kier molecular flexibility index (Phi) is 6.14. The number of halogens is 2. The highest BCUT2D eigenvalue weighted by Crippen LogP contribution is 2.24. The summed E-state index contributed by atoms with van der Waals surface area (Å²) in [5.41, 5.74) is 4.10. The second-order valence-corrected chi connectivity index (χ2v) is 6.76. The molecule has 0 bridgehead atoms. The minimum atomic E-state index is -0.601. The lowest BCUT2D eigenvalue weighted by molar-refractivity contribution is -0.127. The van der Waals surface area contributed by atoms with Gasteiger partial charge in [0.05, 0.1) is 0 Å². The lowest BCUT2D eigenvalue weighted by atomic mass is 10.1. The first-order chi connectivity index (χ1) is 11.3. The van der Waals surface area contributed by atoms with Crippen LogP contribution < -0.4 is 10.1 Å². The number of benzene rings is 2. The summed E-state index contributed by atoms with van der Waals surface area (Å²) in [5.74, 6) is 0.541. The van der Waals surface area contributed by atoms with Gasteiger partial charge in [-0.3, -0.25) is 4.79 Å². The van der Waals surface area contributed by atoms with Crippen molar-refractivity contribution in [2.75, 3.05) is 0 Å². The van der Waals surface area contributed by atoms with E-state index in [9.17, 15) is 4.79 Å². The molecule has 24 heavy (non-hydrogen) atoms. The van der Waals surface area contributed by atoms with E-state index in [1.165, 1.54) is 0 Å². The summed E-state index contributed by atoms with van der Waals surface area (Å²) in [6, 6.07) is 9.24. The summed E-state index contributed by atoms with van der Waals surface area (Å²) in [7, 11) is 0. The van der Waals surface area contributed by atoms with Crippen molar-refractivity contribution in [3.05, 3.63) is 62.6 Å². The monoisotopic (exact) mass is 365 g/mol. The molecule has 0 aliphatic heterocycles. The van der Waals surface area contributed by atoms with Crippen molar-refractivity contribution in [3.63, 3.8) is 0 Å². The topological polar surface area (TPSA) is 38.3 Å². The quantitative estimate of drug-likeness (QED) is 0.809. The summed E-state index contributed by atoms with van der Waals surface area (Å²) >= 11 is 12.0. The van der Waals surface area contributed by atoms with Crippen LogP contribution in [-0.4, -0.2) is 12.0 Å². The van der Waals surface area contributed by atoms with E-state index in [1.807, 2.05) is 26.8 Å². The molecule has 0 spiro atoms. The molecule has 2 rings (SSSR count). The van der Waals surface area contributed by atoms with Crippen LogP contribution in [0.5, 0.6) is 5.75 Å². The van der Waals surface area contributed by atoms with Crippen molar-refractivity contribution in [1.82, 2.24) is 5.32 Å². The Balaban J connectivity index is 2.00. The Hall–Kier alpha value is -1.71. The zero-order chi connectivity index (χ0) is 17.9. The van der Waals surface area contributed by atoms with Crippen LogP contribution in [0.25, 0.3) is 0 Å². The second kappa shape index (κ2) is 7.91. The Bertz CT molecular complexity index is 759. The van der Waals surface area contributed by atoms with Gasteiger partial charge in [-0.1, -0.05) is 35.3 Å². The zero-order valence-corrected chi connectivity index (χ0v) is 15.8. The molecule has 2 aromatic rings. The highest BCUT2D eigenvalue weighted by atomic mass is 35.5. The number of carbonyl (C=O) groups excluding carboxylic acids is 1. The standard InChI is InChI=1S/C19H21Cl2NO2/c1-11-7-12(2)13(3)18(8-11)24-14(4)19(23)22-10-15-5-6-16(20)9-17(15)21/h5-9,14H,10H2,1-4H3,(H,22,23)/t14-/m0/s1. The number of nitrogens with one attached hydrogen (secondary N) is 1. The van der Waals surface area contributed by atoms with Gasteiger partial charge in [0, 0.05) is 16.6 Å². The third kappa shape index (κ3) is 4.65. The van der Waals surface area contributed by atoms with E-state index in [-0.39, 0.29) is 5.91 Å². The largest absolute Gasteiger partial charge is 0.481 e. The smallest absolute Gasteiger partial charge is 0.261 e. The van der Waals surface area contributed by atoms with Crippen LogP contribution in [0, 0.1) is 20.8 Å². The van der Waals surface area contributed by atoms with Crippen LogP contribution in [-0.2, 0) is 11.3 Å². The number of hydrogen-bond donors (Lipinski definition) is 1. The summed E-state index contributed by atoms with van der Waals surface area (Å²) in [4.78, 5) is 12.3. The lowest BCUT2D eigenvalue weighted by Crippen LogP contribution is -2.36. The number of hydrogen-bond acceptors (Lipinski definition) is 2. The maximum Gasteiger partial charge on any atom is 0.261 e. The van der Waals surface area contributed by atoms with E-state index in [0.717, 1.165) is 28.0 Å². The van der Waals surface area contributed by atoms with Crippen molar-refractivity contribution < 1.29 is 9.53 Å². The third-order valence-corrected chi connectivity index (χ3v) is 4.49. The first-order valence-electron chi connectivity index (χ1n) is 7.74. The number of amides is 1. The predicted octanol–water partition coefficient (Wildman–Crippen LogP) is 5.00. The molecule has 0 fully saturated rings. The van der Waals surface area contributed by atoms with Gasteiger partial charge < -0.3 is 10.1 Å². The van der Waals surface area contributed by atoms with E-state index in [2.05, 4.69) is 11.4 Å². The molecule has 0 aliphatic carbocycles. The maximum absolute atomic E-state index is 12.3. The normalized spacial score (nSPS) is 11.9. The van der Waals surface area contributed by atoms with Gasteiger partial charge in [0.25, 0.3) is 5.91 Å². The van der Waals surface area contributed by atoms with Crippen molar-refractivity contribution in [2.24, 2.45) is 0 Å². The highest BCUT2D eigenvalue weighted by Gasteiger charge is 2.16. The van der Waals surface area contributed by atoms with Crippen molar-refractivity contribution in [1.29, 1.82) is 0 Å². The molecule has 0 saturated heterocycles. The van der Waals surface area contributed by atoms with Crippen molar-refractivity contribution >= 4 is 29.1 Å². The SMILES string of the molecule is Cc1cc(C)c(C)c(O[C@@H](C)C(=O)NCc2ccc(Cl)cc2Cl)c1. The number of aryl methyl sites for hydroxylation is 2. The van der Waals surface area contributed by atoms with E-state index >= 15 is 0 Å². The van der Waals surface area contributed by atoms with Crippen LogP contribution in [0.15, 0.2) is 30.3 Å². The fourth-order valence-corrected chi connectivity index (χ4v) is 2.83. The molecule has 0 aliphatic rings. The van der Waals surface area contributed by atoms with E-state index in [1.54, 1.807) is 25.1 Å². The lowest BCUT2D eigenvalue weighted by Gasteiger charge is -2.18. The van der Waals surface area contributed by atoms with Gasteiger partial charge in [-0.25, -0.2) is 0 Å². The van der Waals surface area contributed by atoms with Crippen LogP contribution >= 0.6 is 23.2 Å². The van der Waals surface area contributed by atoms with Crippen LogP contribution in [0.4, 0.5) is 0 Å². The summed E-state index contributed by atoms with van der Waals surface area (Å²) in [5, 5.41) is 3.93. The third-order valence-electron chi connectivity index (χ3n) is 3.91. The fraction of sp³-hybridized carbons (Fsp3) is 0.316. The number of carbonyl (C=O) groups is 1. The number of ether oxygens (including phenoxy) is 1. The second-order valence-electron chi connectivity index (χ2n) is 5.92. The Labute approximate surface area is 152 Å². The van der Waals surface area contributed by atoms with Crippen LogP contribution in [0.2, 0.25) is 10.0 Å². The first-order valence-corrected chi connectivity index (χ1v) is 8.49. The molecule has 1 amide bonds. The molecule has 1 atom stereocenters. The van der Waals surface area contributed by atoms with Gasteiger partial charge in [-0.15, -0.1) is 0 Å². The van der Waals surface area contributed by atoms with Crippen molar-refractivity contribution in [2.45, 2.75) is 40.3 Å². The minimum Gasteiger partial charge on any atom is -0.481 e. The van der Waals surface area contributed by atoms with Crippen LogP contribution in [0.3, 0.4) is 0 Å². The molecule has 3 nitrogen and oxygen atoms in total. The molecule has 0 unspecified atom stereocenters. The summed E-state index contributed by atoms with van der Waals surface area (Å²) in [6.07, 6.45) is -0.601. The average Bonchev–Trinajstić information content (AvgIpc) is 2.50. The first kappa shape index (κ1) is 18.6. The van der Waals surface area contributed by atoms with Crippen molar-refractivity contribution in [3.8, 4) is 5.75 Å². The Morgan fingerprint density at radius 1 is 1.17 bits per heavy atom. The van der Waals surface area contributed by atoms with Gasteiger partial charge >= 0.3 is 0 Å². The predicted molar refractivity (Wildman–Crippen MR) is 99.1 cm³/mol. The fourth-order valence-electron chi connectivity index (χ4n) is 2.36. The van der Waals surface area contributed by atoms with Gasteiger partial charge in [-0.05, 0) is 68.1 Å². The Morgan fingerprint density at radius 2 is 1.88 bits per heavy atom. The van der Waals surface area contributed by atoms with Gasteiger partial charge in [-0.2, -0.15) is 0 Å². The van der Waals surface area contributed by atoms with Gasteiger partial charge in [0.1, 0.15) is 5.75 Å². The van der Waals surface area contributed by atoms with E-state index < -0.39 is 6.10 Å². The molecule has 1 N–H and O–H groups in total. The molecule has 0 aromatic heterocycles. The Morgan fingerprint density at radius 3 is 2.54 bits per heavy atom. The molecular formula is C19H21Cl2NO2. The summed E-state index contributed by atoms with van der Waals surface area (Å²) in [6.45, 7) is 8.08. The van der Waals surface area contributed by atoms with E-state index in [0.29, 0.717) is 16.6 Å². The molecular weight excluding hydrogens is 345 g/mol. The average molecular weight is 366 g/mol. The molecule has 0 saturated carbocycles. The molecule has 2 aromatic carbocycles. The molecule has 0 heterocycles. The van der Waals surface area contributed by atoms with Gasteiger partial charge in [0.15, 0.2) is 6.10 Å². The molecule has 128 valence electrons. The summed E-state index contributed by atoms with van der Waals surface area (Å²) < 4.78 is 5.84. The maximum atomic E-state index is 12.3. The van der Waals surface area contributed by atoms with E-state index in [4.69, 9.17) is 27.9 Å². The zero-order valence-electron chi connectivity index (χ0n) is 14.2. The molecule has 5 heteroatoms. The highest BCUT2D eigenvalue weighted by molar-refractivity contribution is 6.35. The van der Waals surface area contributed by atoms with Gasteiger partial charge in [0.2, 0.25) is 0 Å². The number of rotatable bonds is 5. The molecule has 0 radical (unpaired) electrons. The van der Waals surface area contributed by atoms with Crippen LogP contribution in [0.1, 0.15) is 29.2 Å². The minimum absolute atomic E-state index is 0.195.